The summed E-state index contributed by atoms with van der Waals surface area (Å²) in [4.78, 5) is 0. The Morgan fingerprint density at radius 3 is 2.33 bits per heavy atom. The maximum Gasteiger partial charge on any atom is 0.299 e. The predicted octanol–water partition coefficient (Wildman–Crippen LogP) is -4.48. The Morgan fingerprint density at radius 1 is 1.67 bits per heavy atom. The molecular weight excluding hydrogens is 140 g/mol. The largest absolute Gasteiger partial charge is 1.00 e. The van der Waals surface area contributed by atoms with Gasteiger partial charge in [-0.15, -0.1) is 9.35 Å². The summed E-state index contributed by atoms with van der Waals surface area (Å²) >= 11 is 0. The molecule has 0 aliphatic heterocycles. The van der Waals surface area contributed by atoms with Gasteiger partial charge in [-0.05, 0) is 0 Å². The summed E-state index contributed by atoms with van der Waals surface area (Å²) in [5.41, 5.74) is 0. The van der Waals surface area contributed by atoms with E-state index in [0.29, 0.717) is 0 Å². The van der Waals surface area contributed by atoms with Crippen LogP contribution < -0.4 is 28.8 Å². The van der Waals surface area contributed by atoms with E-state index in [1.54, 1.807) is 12.4 Å². The summed E-state index contributed by atoms with van der Waals surface area (Å²) < 4.78 is 2.92. The SMILES string of the molecule is Cc1n(N)cc[n+]1N.[Cl-]. The minimum atomic E-state index is 0. The van der Waals surface area contributed by atoms with Crippen molar-refractivity contribution in [3.8, 4) is 0 Å². The van der Waals surface area contributed by atoms with Gasteiger partial charge in [0.1, 0.15) is 0 Å². The fourth-order valence-electron chi connectivity index (χ4n) is 0.493. The third-order valence-electron chi connectivity index (χ3n) is 1.14. The molecule has 1 rings (SSSR count). The molecular formula is C4H9ClN4. The van der Waals surface area contributed by atoms with Crippen LogP contribution in [0.15, 0.2) is 12.4 Å². The molecule has 0 spiro atoms. The molecule has 52 valence electrons. The summed E-state index contributed by atoms with van der Waals surface area (Å²) in [6, 6.07) is 0. The number of rotatable bonds is 0. The number of aromatic nitrogens is 2. The Bertz CT molecular complexity index is 175. The molecule has 0 atom stereocenters. The number of nitrogens with two attached hydrogens (primary N) is 2. The third kappa shape index (κ3) is 1.26. The molecule has 0 bridgehead atoms. The average molecular weight is 149 g/mol. The Labute approximate surface area is 59.4 Å². The molecule has 0 saturated heterocycles. The van der Waals surface area contributed by atoms with Crippen LogP contribution in [-0.2, 0) is 0 Å². The van der Waals surface area contributed by atoms with E-state index < -0.39 is 0 Å². The number of nitrogen functional groups attached to an aromatic ring is 2. The van der Waals surface area contributed by atoms with E-state index in [1.807, 2.05) is 6.92 Å². The summed E-state index contributed by atoms with van der Waals surface area (Å²) in [5, 5.41) is 0. The monoisotopic (exact) mass is 148 g/mol. The van der Waals surface area contributed by atoms with Crippen LogP contribution in [0, 0.1) is 6.92 Å². The Balaban J connectivity index is 0.000000640. The number of hydrogen-bond acceptors (Lipinski definition) is 2. The van der Waals surface area contributed by atoms with E-state index in [0.717, 1.165) is 5.82 Å². The van der Waals surface area contributed by atoms with Gasteiger partial charge < -0.3 is 12.4 Å². The fourth-order valence-corrected chi connectivity index (χ4v) is 0.493. The van der Waals surface area contributed by atoms with Crippen LogP contribution in [0.1, 0.15) is 5.82 Å². The molecule has 0 amide bonds. The molecule has 0 unspecified atom stereocenters. The van der Waals surface area contributed by atoms with E-state index in [-0.39, 0.29) is 12.4 Å². The normalized spacial score (nSPS) is 8.56. The third-order valence-corrected chi connectivity index (χ3v) is 1.14. The molecule has 0 saturated carbocycles. The fraction of sp³-hybridized carbons (Fsp3) is 0.250. The summed E-state index contributed by atoms with van der Waals surface area (Å²) in [7, 11) is 0. The first-order chi connectivity index (χ1) is 3.72. The molecule has 0 aliphatic rings. The molecule has 4 nitrogen and oxygen atoms in total. The van der Waals surface area contributed by atoms with Crippen LogP contribution in [0.2, 0.25) is 0 Å². The number of nitrogens with zero attached hydrogens (tertiary/aromatic N) is 2. The minimum absolute atomic E-state index is 0. The van der Waals surface area contributed by atoms with Gasteiger partial charge in [0.2, 0.25) is 0 Å². The second-order valence-electron chi connectivity index (χ2n) is 1.66. The summed E-state index contributed by atoms with van der Waals surface area (Å²) in [6.45, 7) is 1.83. The van der Waals surface area contributed by atoms with Gasteiger partial charge >= 0.3 is 0 Å². The molecule has 9 heavy (non-hydrogen) atoms. The predicted molar refractivity (Wildman–Crippen MR) is 29.7 cm³/mol. The van der Waals surface area contributed by atoms with Crippen molar-refractivity contribution < 1.29 is 17.1 Å². The van der Waals surface area contributed by atoms with Gasteiger partial charge in [0.25, 0.3) is 5.82 Å². The summed E-state index contributed by atoms with van der Waals surface area (Å²) in [5.74, 6) is 11.5. The van der Waals surface area contributed by atoms with Crippen LogP contribution in [-0.4, -0.2) is 4.68 Å². The lowest BCUT2D eigenvalue weighted by Crippen LogP contribution is -3.00. The van der Waals surface area contributed by atoms with E-state index in [9.17, 15) is 0 Å². The van der Waals surface area contributed by atoms with Gasteiger partial charge in [-0.1, -0.05) is 0 Å². The standard InChI is InChI=1S/C4H9N4.ClH/c1-4-7(5)2-3-8(4)6;/h2-3H,5-6H2,1H3;1H/q+1;/p-1. The lowest BCUT2D eigenvalue weighted by molar-refractivity contribution is -0.644. The molecule has 0 radical (unpaired) electrons. The number of hydrogen-bond donors (Lipinski definition) is 2. The van der Waals surface area contributed by atoms with E-state index in [2.05, 4.69) is 0 Å². The van der Waals surface area contributed by atoms with Crippen LogP contribution >= 0.6 is 0 Å². The zero-order valence-corrected chi connectivity index (χ0v) is 5.84. The van der Waals surface area contributed by atoms with Gasteiger partial charge in [-0.2, -0.15) is 0 Å². The quantitative estimate of drug-likeness (QED) is 0.288. The Hall–Kier alpha value is -0.900. The molecule has 0 aliphatic carbocycles. The summed E-state index contributed by atoms with van der Waals surface area (Å²) in [6.07, 6.45) is 3.38. The highest BCUT2D eigenvalue weighted by Gasteiger charge is 2.03. The van der Waals surface area contributed by atoms with Crippen LogP contribution in [0.4, 0.5) is 0 Å². The highest BCUT2D eigenvalue weighted by atomic mass is 35.5. The molecule has 1 aromatic rings. The maximum absolute atomic E-state index is 5.36. The van der Waals surface area contributed by atoms with Crippen molar-refractivity contribution in [2.75, 3.05) is 11.7 Å². The van der Waals surface area contributed by atoms with Crippen molar-refractivity contribution in [2.24, 2.45) is 0 Å². The smallest absolute Gasteiger partial charge is 0.299 e. The molecule has 4 N–H and O–H groups in total. The van der Waals surface area contributed by atoms with Gasteiger partial charge in [-0.25, -0.2) is 0 Å². The van der Waals surface area contributed by atoms with E-state index >= 15 is 0 Å². The average Bonchev–Trinajstić information content (AvgIpc) is 1.98. The zero-order valence-electron chi connectivity index (χ0n) is 5.08. The van der Waals surface area contributed by atoms with Gasteiger partial charge in [0, 0.05) is 6.92 Å². The second-order valence-corrected chi connectivity index (χ2v) is 1.66. The maximum atomic E-state index is 5.36. The van der Waals surface area contributed by atoms with Gasteiger partial charge in [-0.3, -0.25) is 11.7 Å². The van der Waals surface area contributed by atoms with E-state index in [4.69, 9.17) is 11.7 Å². The zero-order chi connectivity index (χ0) is 6.15. The van der Waals surface area contributed by atoms with Gasteiger partial charge in [0.05, 0.1) is 0 Å². The number of halogens is 1. The molecule has 1 aromatic heterocycles. The van der Waals surface area contributed by atoms with Crippen molar-refractivity contribution >= 4 is 0 Å². The molecule has 0 fully saturated rings. The van der Waals surface area contributed by atoms with Crippen LogP contribution in [0.3, 0.4) is 0 Å². The first kappa shape index (κ1) is 8.10. The molecule has 1 heterocycles. The lowest BCUT2D eigenvalue weighted by Gasteiger charge is -1.84. The highest BCUT2D eigenvalue weighted by Crippen LogP contribution is 1.79. The Kier molecular flexibility index (Phi) is 2.33. The van der Waals surface area contributed by atoms with Crippen molar-refractivity contribution in [3.63, 3.8) is 0 Å². The lowest BCUT2D eigenvalue weighted by atomic mass is 10.7. The van der Waals surface area contributed by atoms with Crippen molar-refractivity contribution in [1.29, 1.82) is 0 Å². The van der Waals surface area contributed by atoms with Crippen LogP contribution in [0.5, 0.6) is 0 Å². The minimum Gasteiger partial charge on any atom is -1.00 e. The van der Waals surface area contributed by atoms with Crippen molar-refractivity contribution in [3.05, 3.63) is 18.2 Å². The topological polar surface area (TPSA) is 60.8 Å². The van der Waals surface area contributed by atoms with E-state index in [1.165, 1.54) is 9.35 Å². The highest BCUT2D eigenvalue weighted by molar-refractivity contribution is 4.77. The number of imidazole rings is 1. The first-order valence-corrected chi connectivity index (χ1v) is 2.31. The first-order valence-electron chi connectivity index (χ1n) is 2.31. The van der Waals surface area contributed by atoms with Crippen molar-refractivity contribution in [1.82, 2.24) is 4.68 Å². The Morgan fingerprint density at radius 2 is 2.22 bits per heavy atom. The van der Waals surface area contributed by atoms with Gasteiger partial charge in [0.15, 0.2) is 12.4 Å². The molecule has 5 heteroatoms. The second kappa shape index (κ2) is 2.59. The molecule has 0 aromatic carbocycles. The van der Waals surface area contributed by atoms with Crippen LogP contribution in [0.25, 0.3) is 0 Å². The van der Waals surface area contributed by atoms with Crippen molar-refractivity contribution in [2.45, 2.75) is 6.92 Å².